The number of hydrogen-bond acceptors (Lipinski definition) is 3. The maximum absolute atomic E-state index is 9.71. The molecule has 2 aliphatic rings. The van der Waals surface area contributed by atoms with E-state index < -0.39 is 0 Å². The van der Waals surface area contributed by atoms with Crippen molar-refractivity contribution in [3.05, 3.63) is 23.8 Å². The van der Waals surface area contributed by atoms with E-state index in [4.69, 9.17) is 0 Å². The number of anilines is 1. The average Bonchev–Trinajstić information content (AvgIpc) is 2.24. The van der Waals surface area contributed by atoms with Gasteiger partial charge in [0.1, 0.15) is 5.75 Å². The first-order valence-electron chi connectivity index (χ1n) is 6.10. The van der Waals surface area contributed by atoms with Crippen molar-refractivity contribution in [2.45, 2.75) is 12.8 Å². The number of fused-ring (bicyclic) bond motifs is 1. The van der Waals surface area contributed by atoms with Crippen LogP contribution in [0.3, 0.4) is 0 Å². The fraction of sp³-hybridized carbons (Fsp3) is 0.538. The molecular formula is C13H18N2O. The van der Waals surface area contributed by atoms with Crippen molar-refractivity contribution in [2.24, 2.45) is 5.92 Å². The van der Waals surface area contributed by atoms with Gasteiger partial charge in [0.2, 0.25) is 0 Å². The zero-order valence-electron chi connectivity index (χ0n) is 9.45. The molecule has 16 heavy (non-hydrogen) atoms. The fourth-order valence-corrected chi connectivity index (χ4v) is 2.65. The summed E-state index contributed by atoms with van der Waals surface area (Å²) in [5, 5.41) is 13.1. The van der Waals surface area contributed by atoms with Gasteiger partial charge in [0.25, 0.3) is 0 Å². The van der Waals surface area contributed by atoms with Crippen LogP contribution < -0.4 is 5.32 Å². The SMILES string of the molecule is Oc1cccc2c1NCC(CN1CCC1)C2. The number of para-hydroxylation sites is 1. The number of rotatable bonds is 2. The van der Waals surface area contributed by atoms with Crippen LogP contribution in [0.5, 0.6) is 5.75 Å². The van der Waals surface area contributed by atoms with Crippen molar-refractivity contribution in [2.75, 3.05) is 31.5 Å². The van der Waals surface area contributed by atoms with Crippen molar-refractivity contribution in [3.8, 4) is 5.75 Å². The predicted octanol–water partition coefficient (Wildman–Crippen LogP) is 1.68. The third-order valence-electron chi connectivity index (χ3n) is 3.67. The monoisotopic (exact) mass is 218 g/mol. The van der Waals surface area contributed by atoms with E-state index in [0.29, 0.717) is 11.7 Å². The molecule has 1 aromatic carbocycles. The summed E-state index contributed by atoms with van der Waals surface area (Å²) in [6, 6.07) is 5.80. The molecule has 0 amide bonds. The van der Waals surface area contributed by atoms with Gasteiger partial charge in [-0.3, -0.25) is 0 Å². The molecule has 2 heterocycles. The van der Waals surface area contributed by atoms with E-state index in [1.807, 2.05) is 6.07 Å². The first-order valence-corrected chi connectivity index (χ1v) is 6.10. The minimum Gasteiger partial charge on any atom is -0.506 e. The van der Waals surface area contributed by atoms with Gasteiger partial charge in [-0.25, -0.2) is 0 Å². The van der Waals surface area contributed by atoms with Crippen molar-refractivity contribution >= 4 is 5.69 Å². The lowest BCUT2D eigenvalue weighted by molar-refractivity contribution is 0.153. The highest BCUT2D eigenvalue weighted by Gasteiger charge is 2.24. The molecule has 2 aliphatic heterocycles. The fourth-order valence-electron chi connectivity index (χ4n) is 2.65. The lowest BCUT2D eigenvalue weighted by Crippen LogP contribution is -2.43. The molecule has 0 aliphatic carbocycles. The molecule has 0 radical (unpaired) electrons. The molecule has 0 aromatic heterocycles. The molecular weight excluding hydrogens is 200 g/mol. The van der Waals surface area contributed by atoms with E-state index in [1.165, 1.54) is 31.6 Å². The van der Waals surface area contributed by atoms with Gasteiger partial charge in [0, 0.05) is 13.1 Å². The summed E-state index contributed by atoms with van der Waals surface area (Å²) in [7, 11) is 0. The Bertz CT molecular complexity index is 388. The summed E-state index contributed by atoms with van der Waals surface area (Å²) in [5.74, 6) is 1.08. The molecule has 0 saturated carbocycles. The van der Waals surface area contributed by atoms with Crippen molar-refractivity contribution in [3.63, 3.8) is 0 Å². The molecule has 1 unspecified atom stereocenters. The first kappa shape index (κ1) is 9.97. The number of phenols is 1. The lowest BCUT2D eigenvalue weighted by atomic mass is 9.92. The second-order valence-corrected chi connectivity index (χ2v) is 4.92. The van der Waals surface area contributed by atoms with E-state index in [0.717, 1.165) is 18.7 Å². The maximum Gasteiger partial charge on any atom is 0.138 e. The average molecular weight is 218 g/mol. The van der Waals surface area contributed by atoms with Gasteiger partial charge in [-0.2, -0.15) is 0 Å². The van der Waals surface area contributed by atoms with Crippen LogP contribution in [0.4, 0.5) is 5.69 Å². The van der Waals surface area contributed by atoms with Crippen LogP contribution in [0.1, 0.15) is 12.0 Å². The molecule has 1 fully saturated rings. The normalized spacial score (nSPS) is 24.4. The Labute approximate surface area is 96.1 Å². The third kappa shape index (κ3) is 1.76. The summed E-state index contributed by atoms with van der Waals surface area (Å²) in [6.07, 6.45) is 2.45. The number of nitrogens with zero attached hydrogens (tertiary/aromatic N) is 1. The molecule has 2 N–H and O–H groups in total. The topological polar surface area (TPSA) is 35.5 Å². The second-order valence-electron chi connectivity index (χ2n) is 4.92. The quantitative estimate of drug-likeness (QED) is 0.741. The van der Waals surface area contributed by atoms with E-state index in [9.17, 15) is 5.11 Å². The number of benzene rings is 1. The van der Waals surface area contributed by atoms with Crippen LogP contribution in [0.2, 0.25) is 0 Å². The number of nitrogens with one attached hydrogen (secondary N) is 1. The van der Waals surface area contributed by atoms with Gasteiger partial charge < -0.3 is 15.3 Å². The van der Waals surface area contributed by atoms with Crippen LogP contribution in [0.15, 0.2) is 18.2 Å². The smallest absolute Gasteiger partial charge is 0.138 e. The molecule has 86 valence electrons. The van der Waals surface area contributed by atoms with Crippen LogP contribution in [0, 0.1) is 5.92 Å². The molecule has 1 saturated heterocycles. The standard InChI is InChI=1S/C13H18N2O/c16-12-4-1-3-11-7-10(8-14-13(11)12)9-15-5-2-6-15/h1,3-4,10,14,16H,2,5-9H2. The van der Waals surface area contributed by atoms with Gasteiger partial charge in [-0.05, 0) is 43.5 Å². The molecule has 1 atom stereocenters. The molecule has 3 rings (SSSR count). The zero-order valence-corrected chi connectivity index (χ0v) is 9.45. The highest BCUT2D eigenvalue weighted by atomic mass is 16.3. The Kier molecular flexibility index (Phi) is 2.48. The number of hydrogen-bond donors (Lipinski definition) is 2. The third-order valence-corrected chi connectivity index (χ3v) is 3.67. The van der Waals surface area contributed by atoms with E-state index >= 15 is 0 Å². The molecule has 1 aromatic rings. The van der Waals surface area contributed by atoms with Gasteiger partial charge in [-0.15, -0.1) is 0 Å². The Balaban J connectivity index is 1.70. The van der Waals surface area contributed by atoms with Crippen LogP contribution in [0.25, 0.3) is 0 Å². The van der Waals surface area contributed by atoms with E-state index in [-0.39, 0.29) is 0 Å². The van der Waals surface area contributed by atoms with Crippen LogP contribution >= 0.6 is 0 Å². The predicted molar refractivity (Wildman–Crippen MR) is 64.8 cm³/mol. The Morgan fingerprint density at radius 3 is 3.00 bits per heavy atom. The zero-order chi connectivity index (χ0) is 11.0. The Hall–Kier alpha value is -1.22. The first-order chi connectivity index (χ1) is 7.83. The minimum absolute atomic E-state index is 0.389. The minimum atomic E-state index is 0.389. The number of aromatic hydroxyl groups is 1. The summed E-state index contributed by atoms with van der Waals surface area (Å²) in [5.41, 5.74) is 2.21. The van der Waals surface area contributed by atoms with Crippen molar-refractivity contribution in [1.82, 2.24) is 4.90 Å². The Morgan fingerprint density at radius 1 is 1.38 bits per heavy atom. The highest BCUT2D eigenvalue weighted by Crippen LogP contribution is 2.32. The van der Waals surface area contributed by atoms with Crippen molar-refractivity contribution < 1.29 is 5.11 Å². The molecule has 0 spiro atoms. The molecule has 3 nitrogen and oxygen atoms in total. The van der Waals surface area contributed by atoms with Crippen molar-refractivity contribution in [1.29, 1.82) is 0 Å². The summed E-state index contributed by atoms with van der Waals surface area (Å²) < 4.78 is 0. The number of likely N-dealkylation sites (tertiary alicyclic amines) is 1. The van der Waals surface area contributed by atoms with E-state index in [1.54, 1.807) is 6.07 Å². The van der Waals surface area contributed by atoms with Gasteiger partial charge >= 0.3 is 0 Å². The molecule has 0 bridgehead atoms. The summed E-state index contributed by atoms with van der Waals surface area (Å²) in [6.45, 7) is 4.72. The van der Waals surface area contributed by atoms with Gasteiger partial charge in [0.05, 0.1) is 5.69 Å². The molecule has 3 heteroatoms. The van der Waals surface area contributed by atoms with Gasteiger partial charge in [0.15, 0.2) is 0 Å². The summed E-state index contributed by atoms with van der Waals surface area (Å²) in [4.78, 5) is 2.51. The second kappa shape index (κ2) is 3.98. The maximum atomic E-state index is 9.71. The lowest BCUT2D eigenvalue weighted by Gasteiger charge is -2.36. The number of phenolic OH excluding ortho intramolecular Hbond substituents is 1. The van der Waals surface area contributed by atoms with Gasteiger partial charge in [-0.1, -0.05) is 12.1 Å². The highest BCUT2D eigenvalue weighted by molar-refractivity contribution is 5.62. The van der Waals surface area contributed by atoms with Crippen LogP contribution in [-0.4, -0.2) is 36.2 Å². The summed E-state index contributed by atoms with van der Waals surface area (Å²) >= 11 is 0. The van der Waals surface area contributed by atoms with Crippen LogP contribution in [-0.2, 0) is 6.42 Å². The Morgan fingerprint density at radius 2 is 2.25 bits per heavy atom. The van der Waals surface area contributed by atoms with E-state index in [2.05, 4.69) is 16.3 Å². The largest absolute Gasteiger partial charge is 0.506 e.